The molecule has 0 unspecified atom stereocenters. The molecule has 16 heavy (non-hydrogen) atoms. The van der Waals surface area contributed by atoms with E-state index in [0.29, 0.717) is 10.8 Å². The smallest absolute Gasteiger partial charge is 0.128 e. The van der Waals surface area contributed by atoms with Gasteiger partial charge in [-0.25, -0.2) is 0 Å². The van der Waals surface area contributed by atoms with Crippen LogP contribution >= 0.6 is 0 Å². The van der Waals surface area contributed by atoms with Gasteiger partial charge in [0.25, 0.3) is 0 Å². The van der Waals surface area contributed by atoms with Crippen LogP contribution < -0.4 is 10.8 Å². The largest absolute Gasteiger partial charge is 0.457 e. The average molecular weight is 208 g/mol. The van der Waals surface area contributed by atoms with E-state index < -0.39 is 0 Å². The minimum atomic E-state index is 0.674. The van der Waals surface area contributed by atoms with Gasteiger partial charge in [-0.1, -0.05) is 26.3 Å². The standard InChI is InChI=1S/C15H12O/c1-8-5-9(2)13-7-15-11(4)16-10(3)14(15)6-12(8)13/h6-7H,1-5H2. The van der Waals surface area contributed by atoms with Gasteiger partial charge in [0, 0.05) is 10.8 Å². The molecule has 1 heterocycles. The Kier molecular flexibility index (Phi) is 1.59. The highest BCUT2D eigenvalue weighted by Crippen LogP contribution is 2.39. The third-order valence-corrected chi connectivity index (χ3v) is 3.19. The summed E-state index contributed by atoms with van der Waals surface area (Å²) in [5, 5.41) is 2.05. The Bertz CT molecular complexity index is 682. The molecule has 0 amide bonds. The van der Waals surface area contributed by atoms with Crippen LogP contribution in [0.5, 0.6) is 0 Å². The normalized spacial score (nSPS) is 14.8. The maximum Gasteiger partial charge on any atom is 0.128 e. The van der Waals surface area contributed by atoms with Crippen LogP contribution in [0, 0.1) is 0 Å². The van der Waals surface area contributed by atoms with Crippen LogP contribution in [0.4, 0.5) is 0 Å². The molecule has 0 atom stereocenters. The van der Waals surface area contributed by atoms with E-state index in [-0.39, 0.29) is 0 Å². The molecule has 78 valence electrons. The van der Waals surface area contributed by atoms with Crippen molar-refractivity contribution in [2.24, 2.45) is 0 Å². The zero-order valence-electron chi connectivity index (χ0n) is 9.10. The molecular formula is C15H12O. The van der Waals surface area contributed by atoms with Crippen LogP contribution in [0.25, 0.3) is 35.1 Å². The molecule has 1 aromatic carbocycles. The Morgan fingerprint density at radius 2 is 1.25 bits per heavy atom. The molecule has 0 aliphatic heterocycles. The number of allylic oxidation sites excluding steroid dienone is 2. The van der Waals surface area contributed by atoms with Crippen molar-refractivity contribution in [2.75, 3.05) is 0 Å². The molecule has 0 fully saturated rings. The van der Waals surface area contributed by atoms with E-state index in [4.69, 9.17) is 4.42 Å². The second-order valence-electron chi connectivity index (χ2n) is 4.28. The number of furan rings is 1. The predicted octanol–water partition coefficient (Wildman–Crippen LogP) is 2.68. The second kappa shape index (κ2) is 2.76. The highest BCUT2D eigenvalue weighted by molar-refractivity contribution is 5.98. The van der Waals surface area contributed by atoms with Gasteiger partial charge in [0.1, 0.15) is 10.8 Å². The summed E-state index contributed by atoms with van der Waals surface area (Å²) in [5.74, 6) is 0. The molecule has 2 aromatic rings. The van der Waals surface area contributed by atoms with Crippen molar-refractivity contribution in [3.05, 3.63) is 47.2 Å². The Balaban J connectivity index is 2.55. The highest BCUT2D eigenvalue weighted by Gasteiger charge is 2.19. The number of fused-ring (bicyclic) bond motifs is 2. The van der Waals surface area contributed by atoms with Crippen molar-refractivity contribution in [1.29, 1.82) is 0 Å². The summed E-state index contributed by atoms with van der Waals surface area (Å²) >= 11 is 0. The van der Waals surface area contributed by atoms with Crippen molar-refractivity contribution in [1.82, 2.24) is 0 Å². The lowest BCUT2D eigenvalue weighted by molar-refractivity contribution is 0.511. The molecule has 1 nitrogen and oxygen atoms in total. The van der Waals surface area contributed by atoms with Crippen LogP contribution in [-0.4, -0.2) is 0 Å². The maximum absolute atomic E-state index is 5.43. The summed E-state index contributed by atoms with van der Waals surface area (Å²) in [6, 6.07) is 4.18. The molecule has 0 saturated carbocycles. The lowest BCUT2D eigenvalue weighted by Crippen LogP contribution is -1.93. The SMILES string of the molecule is C=C1CC(=C)c2cc3c(=C)oc(=C)c3cc21. The minimum Gasteiger partial charge on any atom is -0.457 e. The van der Waals surface area contributed by atoms with Crippen LogP contribution in [0.3, 0.4) is 0 Å². The van der Waals surface area contributed by atoms with E-state index >= 15 is 0 Å². The van der Waals surface area contributed by atoms with Gasteiger partial charge in [-0.05, 0) is 40.8 Å². The number of benzene rings is 1. The summed E-state index contributed by atoms with van der Waals surface area (Å²) in [4.78, 5) is 0. The van der Waals surface area contributed by atoms with Crippen LogP contribution in [0.1, 0.15) is 17.5 Å². The fourth-order valence-corrected chi connectivity index (χ4v) is 2.35. The molecule has 0 bridgehead atoms. The molecule has 0 saturated heterocycles. The van der Waals surface area contributed by atoms with E-state index in [1.54, 1.807) is 0 Å². The Morgan fingerprint density at radius 3 is 1.69 bits per heavy atom. The van der Waals surface area contributed by atoms with E-state index in [1.165, 1.54) is 11.1 Å². The van der Waals surface area contributed by atoms with Crippen molar-refractivity contribution < 1.29 is 4.42 Å². The second-order valence-corrected chi connectivity index (χ2v) is 4.28. The van der Waals surface area contributed by atoms with Gasteiger partial charge in [0.15, 0.2) is 0 Å². The van der Waals surface area contributed by atoms with Crippen molar-refractivity contribution in [3.63, 3.8) is 0 Å². The predicted molar refractivity (Wildman–Crippen MR) is 69.2 cm³/mol. The fraction of sp³-hybridized carbons (Fsp3) is 0.0667. The van der Waals surface area contributed by atoms with E-state index in [2.05, 4.69) is 38.4 Å². The average Bonchev–Trinajstić information content (AvgIpc) is 2.67. The molecule has 1 aliphatic rings. The lowest BCUT2D eigenvalue weighted by atomic mass is 10.0. The van der Waals surface area contributed by atoms with E-state index in [0.717, 1.165) is 28.3 Å². The third kappa shape index (κ3) is 1.00. The molecule has 0 radical (unpaired) electrons. The molecule has 0 N–H and O–H groups in total. The lowest BCUT2D eigenvalue weighted by Gasteiger charge is -1.99. The summed E-state index contributed by atoms with van der Waals surface area (Å²) in [6.07, 6.45) is 0.859. The highest BCUT2D eigenvalue weighted by atomic mass is 16.3. The van der Waals surface area contributed by atoms with Gasteiger partial charge in [-0.3, -0.25) is 0 Å². The first-order valence-corrected chi connectivity index (χ1v) is 5.18. The van der Waals surface area contributed by atoms with Gasteiger partial charge >= 0.3 is 0 Å². The van der Waals surface area contributed by atoms with Crippen LogP contribution in [0.2, 0.25) is 0 Å². The van der Waals surface area contributed by atoms with E-state index in [9.17, 15) is 0 Å². The van der Waals surface area contributed by atoms with Crippen LogP contribution in [-0.2, 0) is 0 Å². The minimum absolute atomic E-state index is 0.674. The van der Waals surface area contributed by atoms with E-state index in [1.807, 2.05) is 0 Å². The fourth-order valence-electron chi connectivity index (χ4n) is 2.35. The molecular weight excluding hydrogens is 196 g/mol. The van der Waals surface area contributed by atoms with Gasteiger partial charge in [-0.15, -0.1) is 0 Å². The number of hydrogen-bond donors (Lipinski definition) is 0. The molecule has 1 aliphatic carbocycles. The van der Waals surface area contributed by atoms with Gasteiger partial charge in [0.2, 0.25) is 0 Å². The summed E-state index contributed by atoms with van der Waals surface area (Å²) in [6.45, 7) is 15.9. The first-order valence-electron chi connectivity index (χ1n) is 5.18. The molecule has 3 rings (SSSR count). The zero-order valence-corrected chi connectivity index (χ0v) is 9.10. The topological polar surface area (TPSA) is 13.1 Å². The number of hydrogen-bond acceptors (Lipinski definition) is 1. The summed E-state index contributed by atoms with van der Waals surface area (Å²) < 4.78 is 5.43. The Labute approximate surface area is 93.7 Å². The quantitative estimate of drug-likeness (QED) is 0.648. The van der Waals surface area contributed by atoms with Gasteiger partial charge < -0.3 is 4.42 Å². The Hall–Kier alpha value is -2.02. The maximum atomic E-state index is 5.43. The van der Waals surface area contributed by atoms with Gasteiger partial charge in [-0.2, -0.15) is 0 Å². The van der Waals surface area contributed by atoms with Crippen LogP contribution in [0.15, 0.2) is 29.7 Å². The van der Waals surface area contributed by atoms with Crippen molar-refractivity contribution in [3.8, 4) is 0 Å². The summed E-state index contributed by atoms with van der Waals surface area (Å²) in [5.41, 5.74) is 5.92. The summed E-state index contributed by atoms with van der Waals surface area (Å²) in [7, 11) is 0. The molecule has 1 aromatic heterocycles. The third-order valence-electron chi connectivity index (χ3n) is 3.19. The number of rotatable bonds is 0. The van der Waals surface area contributed by atoms with Crippen molar-refractivity contribution >= 4 is 35.1 Å². The van der Waals surface area contributed by atoms with Crippen molar-refractivity contribution in [2.45, 2.75) is 6.42 Å². The first kappa shape index (κ1) is 9.22. The molecule has 1 heteroatoms. The Morgan fingerprint density at radius 1 is 0.812 bits per heavy atom. The zero-order chi connectivity index (χ0) is 11.4. The monoisotopic (exact) mass is 208 g/mol. The molecule has 0 spiro atoms. The first-order chi connectivity index (χ1) is 7.58. The van der Waals surface area contributed by atoms with Gasteiger partial charge in [0.05, 0.1) is 0 Å².